The number of fused-ring (bicyclic) bond motifs is 1. The Kier molecular flexibility index (Phi) is 3.13. The van der Waals surface area contributed by atoms with Crippen LogP contribution in [0.15, 0.2) is 30.3 Å². The van der Waals surface area contributed by atoms with Crippen LogP contribution < -0.4 is 10.6 Å². The highest BCUT2D eigenvalue weighted by molar-refractivity contribution is 6.30. The fourth-order valence-electron chi connectivity index (χ4n) is 1.99. The van der Waals surface area contributed by atoms with E-state index in [9.17, 15) is 0 Å². The second kappa shape index (κ2) is 4.92. The third-order valence-electron chi connectivity index (χ3n) is 2.93. The van der Waals surface area contributed by atoms with E-state index in [-0.39, 0.29) is 0 Å². The van der Waals surface area contributed by atoms with Gasteiger partial charge in [0.1, 0.15) is 0 Å². The van der Waals surface area contributed by atoms with Crippen molar-refractivity contribution in [3.8, 4) is 0 Å². The third kappa shape index (κ3) is 2.44. The van der Waals surface area contributed by atoms with Crippen LogP contribution in [-0.4, -0.2) is 16.7 Å². The molecular formula is C13H13ClN4. The normalized spacial score (nSPS) is 14.1. The lowest BCUT2D eigenvalue weighted by Crippen LogP contribution is -2.25. The van der Waals surface area contributed by atoms with Gasteiger partial charge in [0.05, 0.1) is 5.69 Å². The summed E-state index contributed by atoms with van der Waals surface area (Å²) in [7, 11) is 0. The molecule has 0 radical (unpaired) electrons. The van der Waals surface area contributed by atoms with Crippen molar-refractivity contribution < 1.29 is 0 Å². The first-order valence-corrected chi connectivity index (χ1v) is 6.28. The van der Waals surface area contributed by atoms with Crippen LogP contribution >= 0.6 is 11.6 Å². The number of nitrogens with one attached hydrogen (secondary N) is 2. The van der Waals surface area contributed by atoms with Gasteiger partial charge in [-0.25, -0.2) is 0 Å². The maximum Gasteiger partial charge on any atom is 0.153 e. The zero-order valence-electron chi connectivity index (χ0n) is 9.78. The molecule has 1 aliphatic heterocycles. The Morgan fingerprint density at radius 3 is 2.83 bits per heavy atom. The minimum atomic E-state index is 0.723. The van der Waals surface area contributed by atoms with E-state index < -0.39 is 0 Å². The largest absolute Gasteiger partial charge is 0.339 e. The topological polar surface area (TPSA) is 49.8 Å². The average molecular weight is 261 g/mol. The highest BCUT2D eigenvalue weighted by Crippen LogP contribution is 2.19. The molecule has 5 heteroatoms. The summed E-state index contributed by atoms with van der Waals surface area (Å²) in [5, 5.41) is 15.7. The van der Waals surface area contributed by atoms with Crippen LogP contribution in [-0.2, 0) is 13.0 Å². The molecule has 2 heterocycles. The van der Waals surface area contributed by atoms with Gasteiger partial charge in [0, 0.05) is 30.2 Å². The Morgan fingerprint density at radius 1 is 1.17 bits per heavy atom. The zero-order chi connectivity index (χ0) is 12.4. The second-order valence-corrected chi connectivity index (χ2v) is 4.70. The monoisotopic (exact) mass is 260 g/mol. The van der Waals surface area contributed by atoms with Crippen molar-refractivity contribution in [2.24, 2.45) is 0 Å². The zero-order valence-corrected chi connectivity index (χ0v) is 10.5. The molecule has 4 nitrogen and oxygen atoms in total. The van der Waals surface area contributed by atoms with Gasteiger partial charge in [-0.05, 0) is 35.9 Å². The molecular weight excluding hydrogens is 248 g/mol. The summed E-state index contributed by atoms with van der Waals surface area (Å²) in [4.78, 5) is 0. The first-order valence-electron chi connectivity index (χ1n) is 5.90. The molecule has 18 heavy (non-hydrogen) atoms. The molecule has 0 fully saturated rings. The van der Waals surface area contributed by atoms with E-state index in [0.717, 1.165) is 41.7 Å². The quantitative estimate of drug-likeness (QED) is 0.871. The molecule has 2 N–H and O–H groups in total. The standard InChI is InChI=1S/C13H13ClN4/c14-10-1-3-11(4-2-10)16-13-7-9-8-15-6-5-12(9)17-18-13/h1-4,7,15H,5-6,8H2,(H,16,18). The molecule has 1 aliphatic rings. The fourth-order valence-corrected chi connectivity index (χ4v) is 2.12. The van der Waals surface area contributed by atoms with Crippen molar-refractivity contribution in [1.29, 1.82) is 0 Å². The second-order valence-electron chi connectivity index (χ2n) is 4.26. The summed E-state index contributed by atoms with van der Waals surface area (Å²) in [6.07, 6.45) is 0.948. The lowest BCUT2D eigenvalue weighted by atomic mass is 10.1. The van der Waals surface area contributed by atoms with Gasteiger partial charge in [-0.2, -0.15) is 5.10 Å². The van der Waals surface area contributed by atoms with Gasteiger partial charge in [-0.15, -0.1) is 5.10 Å². The van der Waals surface area contributed by atoms with Crippen molar-refractivity contribution in [3.63, 3.8) is 0 Å². The van der Waals surface area contributed by atoms with Crippen molar-refractivity contribution in [2.75, 3.05) is 11.9 Å². The van der Waals surface area contributed by atoms with E-state index in [0.29, 0.717) is 0 Å². The van der Waals surface area contributed by atoms with E-state index in [4.69, 9.17) is 11.6 Å². The van der Waals surface area contributed by atoms with Gasteiger partial charge in [0.15, 0.2) is 5.82 Å². The van der Waals surface area contributed by atoms with Crippen molar-refractivity contribution in [2.45, 2.75) is 13.0 Å². The first-order chi connectivity index (χ1) is 8.81. The molecule has 1 aromatic heterocycles. The number of rotatable bonds is 2. The van der Waals surface area contributed by atoms with Crippen LogP contribution in [0.25, 0.3) is 0 Å². The molecule has 3 rings (SSSR count). The van der Waals surface area contributed by atoms with Crippen LogP contribution in [0.2, 0.25) is 5.02 Å². The molecule has 0 spiro atoms. The van der Waals surface area contributed by atoms with Crippen LogP contribution in [0.3, 0.4) is 0 Å². The van der Waals surface area contributed by atoms with Gasteiger partial charge in [-0.3, -0.25) is 0 Å². The Labute approximate surface area is 110 Å². The number of halogens is 1. The summed E-state index contributed by atoms with van der Waals surface area (Å²) < 4.78 is 0. The Bertz CT molecular complexity index is 553. The fraction of sp³-hybridized carbons (Fsp3) is 0.231. The predicted molar refractivity (Wildman–Crippen MR) is 72.2 cm³/mol. The molecule has 92 valence electrons. The molecule has 0 amide bonds. The molecule has 0 atom stereocenters. The smallest absolute Gasteiger partial charge is 0.153 e. The molecule has 0 saturated carbocycles. The van der Waals surface area contributed by atoms with Crippen LogP contribution in [0, 0.1) is 0 Å². The van der Waals surface area contributed by atoms with E-state index in [1.807, 2.05) is 30.3 Å². The number of anilines is 2. The lowest BCUT2D eigenvalue weighted by molar-refractivity contribution is 0.621. The summed E-state index contributed by atoms with van der Waals surface area (Å²) >= 11 is 5.85. The number of hydrogen-bond donors (Lipinski definition) is 2. The summed E-state index contributed by atoms with van der Waals surface area (Å²) in [6.45, 7) is 1.84. The summed E-state index contributed by atoms with van der Waals surface area (Å²) in [6, 6.07) is 9.57. The van der Waals surface area contributed by atoms with Gasteiger partial charge in [0.25, 0.3) is 0 Å². The van der Waals surface area contributed by atoms with E-state index >= 15 is 0 Å². The summed E-state index contributed by atoms with van der Waals surface area (Å²) in [5.74, 6) is 0.764. The van der Waals surface area contributed by atoms with E-state index in [2.05, 4.69) is 20.8 Å². The maximum absolute atomic E-state index is 5.85. The Balaban J connectivity index is 1.82. The van der Waals surface area contributed by atoms with Gasteiger partial charge in [0.2, 0.25) is 0 Å². The first kappa shape index (κ1) is 11.4. The van der Waals surface area contributed by atoms with Gasteiger partial charge >= 0.3 is 0 Å². The Morgan fingerprint density at radius 2 is 2.00 bits per heavy atom. The molecule has 0 saturated heterocycles. The van der Waals surface area contributed by atoms with E-state index in [1.165, 1.54) is 5.56 Å². The molecule has 1 aromatic carbocycles. The highest BCUT2D eigenvalue weighted by Gasteiger charge is 2.11. The molecule has 0 bridgehead atoms. The van der Waals surface area contributed by atoms with Crippen molar-refractivity contribution in [1.82, 2.24) is 15.5 Å². The maximum atomic E-state index is 5.85. The van der Waals surface area contributed by atoms with Crippen molar-refractivity contribution >= 4 is 23.1 Å². The minimum absolute atomic E-state index is 0.723. The van der Waals surface area contributed by atoms with Crippen LogP contribution in [0.1, 0.15) is 11.3 Å². The highest BCUT2D eigenvalue weighted by atomic mass is 35.5. The Hall–Kier alpha value is -1.65. The molecule has 2 aromatic rings. The predicted octanol–water partition coefficient (Wildman–Crippen LogP) is 2.52. The molecule has 0 unspecified atom stereocenters. The number of benzene rings is 1. The van der Waals surface area contributed by atoms with Crippen molar-refractivity contribution in [3.05, 3.63) is 46.6 Å². The molecule has 0 aliphatic carbocycles. The van der Waals surface area contributed by atoms with Gasteiger partial charge in [-0.1, -0.05) is 11.6 Å². The van der Waals surface area contributed by atoms with Crippen LogP contribution in [0.4, 0.5) is 11.5 Å². The number of aromatic nitrogens is 2. The number of hydrogen-bond acceptors (Lipinski definition) is 4. The van der Waals surface area contributed by atoms with Gasteiger partial charge < -0.3 is 10.6 Å². The minimum Gasteiger partial charge on any atom is -0.339 e. The SMILES string of the molecule is Clc1ccc(Nc2cc3c(nn2)CCNC3)cc1. The van der Waals surface area contributed by atoms with E-state index in [1.54, 1.807) is 0 Å². The summed E-state index contributed by atoms with van der Waals surface area (Å²) in [5.41, 5.74) is 3.26. The van der Waals surface area contributed by atoms with Crippen LogP contribution in [0.5, 0.6) is 0 Å². The third-order valence-corrected chi connectivity index (χ3v) is 3.18. The lowest BCUT2D eigenvalue weighted by Gasteiger charge is -2.16. The average Bonchev–Trinajstić information content (AvgIpc) is 2.41. The number of nitrogens with zero attached hydrogens (tertiary/aromatic N) is 2.